The molecule has 1 N–H and O–H groups in total. The topological polar surface area (TPSA) is 88.5 Å². The number of likely N-dealkylation sites (tertiary alicyclic amines) is 1. The molecule has 0 bridgehead atoms. The van der Waals surface area contributed by atoms with Gasteiger partial charge in [-0.25, -0.2) is 0 Å². The molecule has 204 valence electrons. The van der Waals surface area contributed by atoms with E-state index in [1.807, 2.05) is 32.0 Å². The van der Waals surface area contributed by atoms with E-state index in [1.165, 1.54) is 4.90 Å². The summed E-state index contributed by atoms with van der Waals surface area (Å²) in [7, 11) is 5.35. The number of ketones is 1. The van der Waals surface area contributed by atoms with Crippen LogP contribution in [0, 0.1) is 6.92 Å². The Morgan fingerprint density at radius 2 is 1.89 bits per heavy atom. The predicted octanol–water partition coefficient (Wildman–Crippen LogP) is 4.73. The van der Waals surface area contributed by atoms with Gasteiger partial charge in [0, 0.05) is 18.7 Å². The lowest BCUT2D eigenvalue weighted by Gasteiger charge is -2.27. The highest BCUT2D eigenvalue weighted by Gasteiger charge is 2.46. The van der Waals surface area contributed by atoms with Crippen LogP contribution in [0.3, 0.4) is 0 Å². The maximum absolute atomic E-state index is 13.4. The van der Waals surface area contributed by atoms with Crippen LogP contribution in [-0.4, -0.2) is 74.1 Å². The van der Waals surface area contributed by atoms with E-state index in [4.69, 9.17) is 14.2 Å². The molecular weight excluding hydrogens is 484 g/mol. The first-order chi connectivity index (χ1) is 18.2. The lowest BCUT2D eigenvalue weighted by molar-refractivity contribution is -0.140. The number of Topliss-reactive ketones (excluding diaryl/α,β-unsaturated/α-hetero) is 1. The molecule has 0 saturated carbocycles. The predicted molar refractivity (Wildman–Crippen MR) is 148 cm³/mol. The molecule has 0 aromatic heterocycles. The third-order valence-corrected chi connectivity index (χ3v) is 6.41. The number of ether oxygens (including phenoxy) is 3. The lowest BCUT2D eigenvalue weighted by atomic mass is 9.93. The Hall–Kier alpha value is -3.78. The van der Waals surface area contributed by atoms with Gasteiger partial charge in [-0.3, -0.25) is 9.59 Å². The van der Waals surface area contributed by atoms with Gasteiger partial charge in [0.15, 0.2) is 11.5 Å². The van der Waals surface area contributed by atoms with Crippen molar-refractivity contribution in [3.8, 4) is 17.2 Å². The maximum atomic E-state index is 13.4. The number of aliphatic hydroxyl groups excluding tert-OH is 1. The zero-order valence-corrected chi connectivity index (χ0v) is 23.0. The first kappa shape index (κ1) is 28.8. The third-order valence-electron chi connectivity index (χ3n) is 6.41. The number of hydrogen-bond acceptors (Lipinski definition) is 7. The van der Waals surface area contributed by atoms with E-state index < -0.39 is 17.7 Å². The van der Waals surface area contributed by atoms with Crippen molar-refractivity contribution < 1.29 is 28.9 Å². The van der Waals surface area contributed by atoms with Crippen molar-refractivity contribution in [1.29, 1.82) is 0 Å². The van der Waals surface area contributed by atoms with Crippen molar-refractivity contribution in [2.24, 2.45) is 0 Å². The summed E-state index contributed by atoms with van der Waals surface area (Å²) in [4.78, 5) is 30.0. The molecule has 1 unspecified atom stereocenters. The molecule has 8 nitrogen and oxygen atoms in total. The molecule has 1 saturated heterocycles. The first-order valence-electron chi connectivity index (χ1n) is 12.8. The number of amides is 1. The standard InChI is InChI=1S/C30H38N2O6/c1-7-9-17-38-24-13-10-21(19-25(24)36-6)27-26(29(34)30(35)32(27)15-14-31(4)5)28(33)23-12-11-22(18-20(23)3)37-16-8-2/h8,10-13,18-19,27,33H,2,7,9,14-17H2,1,3-6H3. The Morgan fingerprint density at radius 3 is 2.53 bits per heavy atom. The lowest BCUT2D eigenvalue weighted by Crippen LogP contribution is -2.35. The molecule has 3 rings (SSSR count). The Bertz CT molecular complexity index is 1200. The molecule has 1 amide bonds. The average Bonchev–Trinajstić information content (AvgIpc) is 3.15. The van der Waals surface area contributed by atoms with Crippen LogP contribution in [0.2, 0.25) is 0 Å². The number of methoxy groups -OCH3 is 1. The van der Waals surface area contributed by atoms with Crippen molar-refractivity contribution in [2.75, 3.05) is 47.5 Å². The molecule has 2 aromatic rings. The van der Waals surface area contributed by atoms with Gasteiger partial charge in [0.1, 0.15) is 18.1 Å². The largest absolute Gasteiger partial charge is 0.507 e. The molecule has 0 radical (unpaired) electrons. The van der Waals surface area contributed by atoms with Crippen LogP contribution in [0.5, 0.6) is 17.2 Å². The van der Waals surface area contributed by atoms with Gasteiger partial charge < -0.3 is 29.1 Å². The summed E-state index contributed by atoms with van der Waals surface area (Å²) in [6.45, 7) is 9.32. The number of likely N-dealkylation sites (N-methyl/N-ethyl adjacent to an activating group) is 1. The second-order valence-corrected chi connectivity index (χ2v) is 9.48. The number of benzene rings is 2. The second-order valence-electron chi connectivity index (χ2n) is 9.48. The van der Waals surface area contributed by atoms with Crippen molar-refractivity contribution in [2.45, 2.75) is 32.7 Å². The van der Waals surface area contributed by atoms with E-state index in [0.29, 0.717) is 60.2 Å². The molecule has 38 heavy (non-hydrogen) atoms. The first-order valence-corrected chi connectivity index (χ1v) is 12.8. The smallest absolute Gasteiger partial charge is 0.295 e. The number of unbranched alkanes of at least 4 members (excludes halogenated alkanes) is 1. The van der Waals surface area contributed by atoms with E-state index in [-0.39, 0.29) is 11.3 Å². The number of carbonyl (C=O) groups is 2. The highest BCUT2D eigenvalue weighted by molar-refractivity contribution is 6.46. The number of carbonyl (C=O) groups excluding carboxylic acids is 2. The van der Waals surface area contributed by atoms with Crippen molar-refractivity contribution in [3.63, 3.8) is 0 Å². The summed E-state index contributed by atoms with van der Waals surface area (Å²) in [6, 6.07) is 9.77. The number of hydrogen-bond donors (Lipinski definition) is 1. The molecule has 1 atom stereocenters. The van der Waals surface area contributed by atoms with Crippen LogP contribution >= 0.6 is 0 Å². The Kier molecular flexibility index (Phi) is 9.96. The molecule has 1 heterocycles. The summed E-state index contributed by atoms with van der Waals surface area (Å²) in [5.74, 6) is 0.0998. The van der Waals surface area contributed by atoms with E-state index in [1.54, 1.807) is 43.5 Å². The van der Waals surface area contributed by atoms with Gasteiger partial charge in [-0.15, -0.1) is 0 Å². The summed E-state index contributed by atoms with van der Waals surface area (Å²) in [6.07, 6.45) is 3.56. The normalized spacial score (nSPS) is 16.7. The summed E-state index contributed by atoms with van der Waals surface area (Å²) >= 11 is 0. The Morgan fingerprint density at radius 1 is 1.13 bits per heavy atom. The van der Waals surface area contributed by atoms with Gasteiger partial charge in [0.05, 0.1) is 25.3 Å². The summed E-state index contributed by atoms with van der Waals surface area (Å²) in [5, 5.41) is 11.5. The van der Waals surface area contributed by atoms with Gasteiger partial charge in [0.2, 0.25) is 0 Å². The monoisotopic (exact) mass is 522 g/mol. The van der Waals surface area contributed by atoms with Gasteiger partial charge in [0.25, 0.3) is 11.7 Å². The van der Waals surface area contributed by atoms with Gasteiger partial charge in [-0.05, 0) is 68.9 Å². The van der Waals surface area contributed by atoms with Crippen LogP contribution in [0.25, 0.3) is 5.76 Å². The van der Waals surface area contributed by atoms with E-state index in [9.17, 15) is 14.7 Å². The molecule has 0 aliphatic carbocycles. The molecule has 1 fully saturated rings. The second kappa shape index (κ2) is 13.1. The Balaban J connectivity index is 2.12. The minimum atomic E-state index is -0.787. The number of nitrogens with zero attached hydrogens (tertiary/aromatic N) is 2. The van der Waals surface area contributed by atoms with E-state index in [0.717, 1.165) is 12.8 Å². The third kappa shape index (κ3) is 6.37. The molecule has 8 heteroatoms. The zero-order valence-electron chi connectivity index (χ0n) is 23.0. The van der Waals surface area contributed by atoms with Crippen molar-refractivity contribution in [3.05, 3.63) is 71.3 Å². The average molecular weight is 523 g/mol. The minimum Gasteiger partial charge on any atom is -0.507 e. The van der Waals surface area contributed by atoms with Crippen LogP contribution in [0.4, 0.5) is 0 Å². The summed E-state index contributed by atoms with van der Waals surface area (Å²) < 4.78 is 17.1. The SMILES string of the molecule is C=CCOc1ccc(C(O)=C2C(=O)C(=O)N(CCN(C)C)C2c2ccc(OCCCC)c(OC)c2)c(C)c1. The molecule has 1 aliphatic rings. The van der Waals surface area contributed by atoms with Crippen LogP contribution < -0.4 is 14.2 Å². The summed E-state index contributed by atoms with van der Waals surface area (Å²) in [5.41, 5.74) is 1.85. The molecular formula is C30H38N2O6. The van der Waals surface area contributed by atoms with Crippen LogP contribution in [0.15, 0.2) is 54.6 Å². The quantitative estimate of drug-likeness (QED) is 0.134. The van der Waals surface area contributed by atoms with Gasteiger partial charge in [-0.2, -0.15) is 0 Å². The highest BCUT2D eigenvalue weighted by Crippen LogP contribution is 2.42. The van der Waals surface area contributed by atoms with Crippen LogP contribution in [0.1, 0.15) is 42.5 Å². The molecule has 2 aromatic carbocycles. The van der Waals surface area contributed by atoms with Crippen molar-refractivity contribution >= 4 is 17.4 Å². The number of aryl methyl sites for hydroxylation is 1. The van der Waals surface area contributed by atoms with Gasteiger partial charge >= 0.3 is 0 Å². The van der Waals surface area contributed by atoms with E-state index >= 15 is 0 Å². The fourth-order valence-electron chi connectivity index (χ4n) is 4.36. The van der Waals surface area contributed by atoms with Gasteiger partial charge in [-0.1, -0.05) is 32.1 Å². The fraction of sp³-hybridized carbons (Fsp3) is 0.400. The number of aliphatic hydroxyl groups is 1. The Labute approximate surface area is 225 Å². The molecule has 1 aliphatic heterocycles. The van der Waals surface area contributed by atoms with Crippen molar-refractivity contribution in [1.82, 2.24) is 9.80 Å². The van der Waals surface area contributed by atoms with Crippen LogP contribution in [-0.2, 0) is 9.59 Å². The maximum Gasteiger partial charge on any atom is 0.295 e. The molecule has 0 spiro atoms. The minimum absolute atomic E-state index is 0.0401. The fourth-order valence-corrected chi connectivity index (χ4v) is 4.36. The highest BCUT2D eigenvalue weighted by atomic mass is 16.5. The number of rotatable bonds is 13. The van der Waals surface area contributed by atoms with E-state index in [2.05, 4.69) is 13.5 Å². The zero-order chi connectivity index (χ0) is 27.8.